The van der Waals surface area contributed by atoms with Gasteiger partial charge in [-0.05, 0) is 64.9 Å². The third-order valence-electron chi connectivity index (χ3n) is 4.59. The molecule has 0 amide bonds. The van der Waals surface area contributed by atoms with E-state index in [4.69, 9.17) is 4.74 Å². The van der Waals surface area contributed by atoms with Gasteiger partial charge < -0.3 is 4.74 Å². The maximum absolute atomic E-state index is 12.9. The summed E-state index contributed by atoms with van der Waals surface area (Å²) in [5.74, 6) is -0.685. The highest BCUT2D eigenvalue weighted by atomic mass is 127. The fourth-order valence-electron chi connectivity index (χ4n) is 3.23. The minimum Gasteiger partial charge on any atom is -0.466 e. The van der Waals surface area contributed by atoms with Crippen molar-refractivity contribution in [3.05, 3.63) is 93.6 Å². The molecule has 30 heavy (non-hydrogen) atoms. The molecule has 0 aliphatic heterocycles. The van der Waals surface area contributed by atoms with E-state index in [1.54, 1.807) is 49.4 Å². The van der Waals surface area contributed by atoms with Crippen LogP contribution in [0.15, 0.2) is 83.8 Å². The number of para-hydroxylation sites is 1. The van der Waals surface area contributed by atoms with Gasteiger partial charge in [-0.1, -0.05) is 54.6 Å². The molecule has 0 saturated heterocycles. The second-order valence-electron chi connectivity index (χ2n) is 6.59. The fraction of sp³-hybridized carbons (Fsp3) is 0.174. The zero-order valence-corrected chi connectivity index (χ0v) is 19.4. The maximum atomic E-state index is 12.9. The Hall–Kier alpha value is -2.39. The van der Waals surface area contributed by atoms with Crippen molar-refractivity contribution < 1.29 is 17.9 Å². The van der Waals surface area contributed by atoms with Crippen molar-refractivity contribution in [2.75, 3.05) is 11.3 Å². The van der Waals surface area contributed by atoms with E-state index in [1.807, 2.05) is 36.4 Å². The maximum Gasteiger partial charge on any atom is 0.306 e. The molecule has 1 atom stereocenters. The molecular weight excluding hydrogens is 513 g/mol. The predicted octanol–water partition coefficient (Wildman–Crippen LogP) is 5.18. The number of halogens is 1. The van der Waals surface area contributed by atoms with Crippen LogP contribution in [0.5, 0.6) is 0 Å². The van der Waals surface area contributed by atoms with E-state index >= 15 is 0 Å². The number of sulfonamides is 1. The van der Waals surface area contributed by atoms with Crippen LogP contribution in [-0.4, -0.2) is 21.0 Å². The molecule has 0 aromatic heterocycles. The van der Waals surface area contributed by atoms with Crippen molar-refractivity contribution in [1.29, 1.82) is 0 Å². The monoisotopic (exact) mass is 535 g/mol. The third-order valence-corrected chi connectivity index (χ3v) is 6.95. The SMILES string of the molecule is CCOC(=O)C[C@H](c1ccccc1I)c1ccccc1NS(=O)(=O)c1ccccc1. The Morgan fingerprint density at radius 1 is 0.933 bits per heavy atom. The molecule has 0 radical (unpaired) electrons. The molecule has 7 heteroatoms. The van der Waals surface area contributed by atoms with Gasteiger partial charge in [0.05, 0.1) is 23.6 Å². The van der Waals surface area contributed by atoms with E-state index in [2.05, 4.69) is 27.3 Å². The van der Waals surface area contributed by atoms with Gasteiger partial charge in [0, 0.05) is 9.49 Å². The Bertz CT molecular complexity index is 1120. The van der Waals surface area contributed by atoms with Gasteiger partial charge in [0.15, 0.2) is 0 Å². The van der Waals surface area contributed by atoms with Crippen molar-refractivity contribution >= 4 is 44.3 Å². The van der Waals surface area contributed by atoms with E-state index in [0.29, 0.717) is 17.9 Å². The first-order valence-electron chi connectivity index (χ1n) is 9.49. The van der Waals surface area contributed by atoms with Gasteiger partial charge in [-0.3, -0.25) is 9.52 Å². The van der Waals surface area contributed by atoms with E-state index in [9.17, 15) is 13.2 Å². The molecular formula is C23H22INO4S. The van der Waals surface area contributed by atoms with Crippen LogP contribution < -0.4 is 4.72 Å². The largest absolute Gasteiger partial charge is 0.466 e. The first-order valence-corrected chi connectivity index (χ1v) is 12.1. The first kappa shape index (κ1) is 22.3. The zero-order chi connectivity index (χ0) is 21.6. The van der Waals surface area contributed by atoms with Gasteiger partial charge in [0.2, 0.25) is 0 Å². The van der Waals surface area contributed by atoms with E-state index in [0.717, 1.165) is 9.13 Å². The number of hydrogen-bond acceptors (Lipinski definition) is 4. The lowest BCUT2D eigenvalue weighted by Crippen LogP contribution is -2.17. The van der Waals surface area contributed by atoms with Crippen molar-refractivity contribution in [2.45, 2.75) is 24.2 Å². The second-order valence-corrected chi connectivity index (χ2v) is 9.43. The van der Waals surface area contributed by atoms with E-state index in [-0.39, 0.29) is 23.2 Å². The topological polar surface area (TPSA) is 72.5 Å². The summed E-state index contributed by atoms with van der Waals surface area (Å²) in [7, 11) is -3.77. The number of anilines is 1. The van der Waals surface area contributed by atoms with Crippen LogP contribution in [0.3, 0.4) is 0 Å². The lowest BCUT2D eigenvalue weighted by atomic mass is 9.87. The van der Waals surface area contributed by atoms with E-state index < -0.39 is 10.0 Å². The number of benzene rings is 3. The fourth-order valence-corrected chi connectivity index (χ4v) is 5.10. The highest BCUT2D eigenvalue weighted by Gasteiger charge is 2.25. The summed E-state index contributed by atoms with van der Waals surface area (Å²) in [6, 6.07) is 23.1. The van der Waals surface area contributed by atoms with Gasteiger partial charge >= 0.3 is 5.97 Å². The highest BCUT2D eigenvalue weighted by Crippen LogP contribution is 2.36. The minimum atomic E-state index is -3.77. The Balaban J connectivity index is 2.05. The first-order chi connectivity index (χ1) is 14.4. The van der Waals surface area contributed by atoms with Crippen LogP contribution >= 0.6 is 22.6 Å². The van der Waals surface area contributed by atoms with Crippen molar-refractivity contribution in [3.8, 4) is 0 Å². The number of carbonyl (C=O) groups excluding carboxylic acids is 1. The molecule has 0 fully saturated rings. The van der Waals surface area contributed by atoms with Crippen molar-refractivity contribution in [3.63, 3.8) is 0 Å². The molecule has 0 unspecified atom stereocenters. The van der Waals surface area contributed by atoms with Crippen LogP contribution in [0.1, 0.15) is 30.4 Å². The Morgan fingerprint density at radius 2 is 1.53 bits per heavy atom. The van der Waals surface area contributed by atoms with Crippen LogP contribution in [0, 0.1) is 3.57 Å². The molecule has 0 spiro atoms. The lowest BCUT2D eigenvalue weighted by Gasteiger charge is -2.22. The molecule has 0 aliphatic rings. The van der Waals surface area contributed by atoms with Gasteiger partial charge in [-0.2, -0.15) is 0 Å². The van der Waals surface area contributed by atoms with Crippen molar-refractivity contribution in [1.82, 2.24) is 0 Å². The number of ether oxygens (including phenoxy) is 1. The summed E-state index contributed by atoms with van der Waals surface area (Å²) in [5.41, 5.74) is 2.10. The quantitative estimate of drug-likeness (QED) is 0.319. The van der Waals surface area contributed by atoms with Crippen LogP contribution in [-0.2, 0) is 19.6 Å². The van der Waals surface area contributed by atoms with Crippen LogP contribution in [0.4, 0.5) is 5.69 Å². The molecule has 0 aliphatic carbocycles. The minimum absolute atomic E-state index is 0.109. The smallest absolute Gasteiger partial charge is 0.306 e. The Morgan fingerprint density at radius 3 is 2.20 bits per heavy atom. The Labute approximate surface area is 190 Å². The standard InChI is InChI=1S/C23H22INO4S/c1-2-29-23(26)16-20(18-12-6-8-14-21(18)24)19-13-7-9-15-22(19)25-30(27,28)17-10-4-3-5-11-17/h3-15,20,25H,2,16H2,1H3/t20-/m1/s1. The molecule has 1 N–H and O–H groups in total. The summed E-state index contributed by atoms with van der Waals surface area (Å²) in [6.07, 6.45) is 0.109. The number of esters is 1. The number of rotatable bonds is 8. The number of hydrogen-bond donors (Lipinski definition) is 1. The summed E-state index contributed by atoms with van der Waals surface area (Å²) in [5, 5.41) is 0. The summed E-state index contributed by atoms with van der Waals surface area (Å²) >= 11 is 2.23. The van der Waals surface area contributed by atoms with Crippen LogP contribution in [0.2, 0.25) is 0 Å². The molecule has 3 aromatic rings. The molecule has 156 valence electrons. The lowest BCUT2D eigenvalue weighted by molar-refractivity contribution is -0.143. The average Bonchev–Trinajstić information content (AvgIpc) is 2.74. The number of nitrogens with one attached hydrogen (secondary N) is 1. The van der Waals surface area contributed by atoms with Gasteiger partial charge in [0.1, 0.15) is 0 Å². The zero-order valence-electron chi connectivity index (χ0n) is 16.4. The summed E-state index contributed by atoms with van der Waals surface area (Å²) in [6.45, 7) is 2.06. The normalized spacial score (nSPS) is 12.2. The second kappa shape index (κ2) is 10.1. The van der Waals surface area contributed by atoms with Crippen molar-refractivity contribution in [2.24, 2.45) is 0 Å². The molecule has 3 aromatic carbocycles. The highest BCUT2D eigenvalue weighted by molar-refractivity contribution is 14.1. The molecule has 0 saturated carbocycles. The summed E-state index contributed by atoms with van der Waals surface area (Å²) in [4.78, 5) is 12.5. The van der Waals surface area contributed by atoms with Gasteiger partial charge in [-0.15, -0.1) is 0 Å². The predicted molar refractivity (Wildman–Crippen MR) is 126 cm³/mol. The molecule has 3 rings (SSSR count). The van der Waals surface area contributed by atoms with Gasteiger partial charge in [0.25, 0.3) is 10.0 Å². The van der Waals surface area contributed by atoms with E-state index in [1.165, 1.54) is 0 Å². The van der Waals surface area contributed by atoms with Gasteiger partial charge in [-0.25, -0.2) is 8.42 Å². The average molecular weight is 535 g/mol. The van der Waals surface area contributed by atoms with Crippen LogP contribution in [0.25, 0.3) is 0 Å². The molecule has 0 heterocycles. The Kier molecular flexibility index (Phi) is 7.49. The molecule has 5 nitrogen and oxygen atoms in total. The summed E-state index contributed by atoms with van der Waals surface area (Å²) < 4.78 is 34.7. The molecule has 0 bridgehead atoms. The number of carbonyl (C=O) groups is 1. The third kappa shape index (κ3) is 5.40.